The molecule has 1 aliphatic rings. The molecule has 5 nitrogen and oxygen atoms in total. The highest BCUT2D eigenvalue weighted by atomic mass is 35.5. The minimum atomic E-state index is -0.166. The SMILES string of the molecule is CCC(=O)N(CC(=O)N1CCc2sccc2C1COc1ccc(Cl)cc1)CC(C)CC. The highest BCUT2D eigenvalue weighted by molar-refractivity contribution is 7.10. The van der Waals surface area contributed by atoms with Gasteiger partial charge in [-0.05, 0) is 53.6 Å². The third-order valence-electron chi connectivity index (χ3n) is 5.85. The Hall–Kier alpha value is -2.05. The van der Waals surface area contributed by atoms with E-state index < -0.39 is 0 Å². The Bertz CT molecular complexity index is 883. The molecule has 0 saturated carbocycles. The van der Waals surface area contributed by atoms with Crippen molar-refractivity contribution in [3.05, 3.63) is 51.2 Å². The van der Waals surface area contributed by atoms with Crippen LogP contribution in [0.5, 0.6) is 5.75 Å². The topological polar surface area (TPSA) is 49.9 Å². The van der Waals surface area contributed by atoms with Gasteiger partial charge >= 0.3 is 0 Å². The molecule has 1 aromatic heterocycles. The van der Waals surface area contributed by atoms with Crippen LogP contribution in [-0.4, -0.2) is 47.9 Å². The zero-order valence-electron chi connectivity index (χ0n) is 18.5. The van der Waals surface area contributed by atoms with Gasteiger partial charge in [0.1, 0.15) is 12.4 Å². The molecule has 0 aliphatic carbocycles. The molecule has 31 heavy (non-hydrogen) atoms. The van der Waals surface area contributed by atoms with Crippen molar-refractivity contribution in [1.29, 1.82) is 0 Å². The molecule has 0 N–H and O–H groups in total. The predicted octanol–water partition coefficient (Wildman–Crippen LogP) is 5.19. The molecule has 1 aliphatic heterocycles. The van der Waals surface area contributed by atoms with E-state index in [1.54, 1.807) is 28.4 Å². The normalized spacial score (nSPS) is 16.5. The maximum absolute atomic E-state index is 13.4. The molecule has 2 heterocycles. The quantitative estimate of drug-likeness (QED) is 0.515. The third kappa shape index (κ3) is 6.01. The molecule has 3 rings (SSSR count). The number of rotatable bonds is 9. The average Bonchev–Trinajstić information content (AvgIpc) is 3.26. The minimum Gasteiger partial charge on any atom is -0.491 e. The summed E-state index contributed by atoms with van der Waals surface area (Å²) in [5.74, 6) is 1.08. The summed E-state index contributed by atoms with van der Waals surface area (Å²) in [4.78, 5) is 30.7. The zero-order valence-corrected chi connectivity index (χ0v) is 20.0. The first-order valence-corrected chi connectivity index (χ1v) is 12.2. The van der Waals surface area contributed by atoms with Crippen molar-refractivity contribution in [3.8, 4) is 5.75 Å². The van der Waals surface area contributed by atoms with Gasteiger partial charge in [-0.1, -0.05) is 38.8 Å². The molecule has 0 radical (unpaired) electrons. The van der Waals surface area contributed by atoms with Gasteiger partial charge in [0.25, 0.3) is 0 Å². The third-order valence-corrected chi connectivity index (χ3v) is 7.10. The lowest BCUT2D eigenvalue weighted by Gasteiger charge is -2.37. The second-order valence-corrected chi connectivity index (χ2v) is 9.50. The Kier molecular flexibility index (Phi) is 8.38. The van der Waals surface area contributed by atoms with Gasteiger partial charge in [0.05, 0.1) is 12.6 Å². The number of carbonyl (C=O) groups is 2. The Morgan fingerprint density at radius 3 is 2.68 bits per heavy atom. The molecule has 2 atom stereocenters. The highest BCUT2D eigenvalue weighted by Gasteiger charge is 2.33. The van der Waals surface area contributed by atoms with E-state index in [0.29, 0.717) is 37.1 Å². The van der Waals surface area contributed by atoms with Crippen LogP contribution >= 0.6 is 22.9 Å². The lowest BCUT2D eigenvalue weighted by atomic mass is 10.00. The van der Waals surface area contributed by atoms with E-state index >= 15 is 0 Å². The Balaban J connectivity index is 1.75. The number of hydrogen-bond acceptors (Lipinski definition) is 4. The number of ether oxygens (including phenoxy) is 1. The summed E-state index contributed by atoms with van der Waals surface area (Å²) in [5.41, 5.74) is 1.15. The number of benzene rings is 1. The minimum absolute atomic E-state index is 0.0216. The summed E-state index contributed by atoms with van der Waals surface area (Å²) in [6, 6.07) is 9.17. The zero-order chi connectivity index (χ0) is 22.4. The molecular weight excluding hydrogens is 432 g/mol. The van der Waals surface area contributed by atoms with Crippen molar-refractivity contribution < 1.29 is 14.3 Å². The number of fused-ring (bicyclic) bond motifs is 1. The van der Waals surface area contributed by atoms with Crippen molar-refractivity contribution in [1.82, 2.24) is 9.80 Å². The molecular formula is C24H31ClN2O3S. The van der Waals surface area contributed by atoms with E-state index in [0.717, 1.165) is 24.2 Å². The van der Waals surface area contributed by atoms with Crippen molar-refractivity contribution in [2.24, 2.45) is 5.92 Å². The smallest absolute Gasteiger partial charge is 0.242 e. The number of halogens is 1. The van der Waals surface area contributed by atoms with Gasteiger partial charge in [-0.15, -0.1) is 11.3 Å². The monoisotopic (exact) mass is 462 g/mol. The van der Waals surface area contributed by atoms with Gasteiger partial charge in [-0.25, -0.2) is 0 Å². The van der Waals surface area contributed by atoms with E-state index in [4.69, 9.17) is 16.3 Å². The van der Waals surface area contributed by atoms with E-state index in [2.05, 4.69) is 25.3 Å². The maximum atomic E-state index is 13.4. The van der Waals surface area contributed by atoms with Crippen LogP contribution in [0.15, 0.2) is 35.7 Å². The fourth-order valence-corrected chi connectivity index (χ4v) is 4.87. The lowest BCUT2D eigenvalue weighted by molar-refractivity contribution is -0.143. The molecule has 1 aromatic carbocycles. The van der Waals surface area contributed by atoms with E-state index in [9.17, 15) is 9.59 Å². The van der Waals surface area contributed by atoms with Gasteiger partial charge in [0, 0.05) is 29.4 Å². The molecule has 7 heteroatoms. The molecule has 0 saturated heterocycles. The Labute approximate surface area is 193 Å². The molecule has 2 unspecified atom stereocenters. The van der Waals surface area contributed by atoms with Crippen LogP contribution in [0.4, 0.5) is 0 Å². The van der Waals surface area contributed by atoms with Crippen LogP contribution in [0.1, 0.15) is 50.1 Å². The van der Waals surface area contributed by atoms with Crippen LogP contribution in [0, 0.1) is 5.92 Å². The largest absolute Gasteiger partial charge is 0.491 e. The maximum Gasteiger partial charge on any atom is 0.242 e. The van der Waals surface area contributed by atoms with Crippen LogP contribution < -0.4 is 4.74 Å². The van der Waals surface area contributed by atoms with Crippen molar-refractivity contribution in [3.63, 3.8) is 0 Å². The van der Waals surface area contributed by atoms with Gasteiger partial charge in [-0.2, -0.15) is 0 Å². The Morgan fingerprint density at radius 1 is 1.26 bits per heavy atom. The first-order valence-electron chi connectivity index (χ1n) is 10.9. The fourth-order valence-electron chi connectivity index (χ4n) is 3.82. The standard InChI is InChI=1S/C24H31ClN2O3S/c1-4-17(3)14-26(23(28)5-2)15-24(29)27-12-10-22-20(11-13-31-22)21(27)16-30-19-8-6-18(25)7-9-19/h6-9,11,13,17,21H,4-5,10,12,14-16H2,1-3H3. The molecule has 0 bridgehead atoms. The van der Waals surface area contributed by atoms with Crippen molar-refractivity contribution in [2.75, 3.05) is 26.2 Å². The summed E-state index contributed by atoms with van der Waals surface area (Å²) in [5, 5.41) is 2.73. The van der Waals surface area contributed by atoms with Crippen molar-refractivity contribution in [2.45, 2.75) is 46.1 Å². The number of nitrogens with zero attached hydrogens (tertiary/aromatic N) is 2. The summed E-state index contributed by atoms with van der Waals surface area (Å²) in [6.45, 7) is 7.79. The van der Waals surface area contributed by atoms with E-state index in [1.807, 2.05) is 24.0 Å². The van der Waals surface area contributed by atoms with Gasteiger partial charge in [0.15, 0.2) is 0 Å². The highest BCUT2D eigenvalue weighted by Crippen LogP contribution is 2.34. The number of carbonyl (C=O) groups excluding carboxylic acids is 2. The number of hydrogen-bond donors (Lipinski definition) is 0. The van der Waals surface area contributed by atoms with Crippen LogP contribution in [0.2, 0.25) is 5.02 Å². The van der Waals surface area contributed by atoms with Crippen LogP contribution in [0.3, 0.4) is 0 Å². The predicted molar refractivity (Wildman–Crippen MR) is 126 cm³/mol. The van der Waals surface area contributed by atoms with Gasteiger partial charge in [0.2, 0.25) is 11.8 Å². The van der Waals surface area contributed by atoms with E-state index in [1.165, 1.54) is 4.88 Å². The summed E-state index contributed by atoms with van der Waals surface area (Å²) in [7, 11) is 0. The Morgan fingerprint density at radius 2 is 2.00 bits per heavy atom. The summed E-state index contributed by atoms with van der Waals surface area (Å²) in [6.07, 6.45) is 2.21. The van der Waals surface area contributed by atoms with Gasteiger partial charge in [-0.3, -0.25) is 9.59 Å². The van der Waals surface area contributed by atoms with Crippen molar-refractivity contribution >= 4 is 34.8 Å². The summed E-state index contributed by atoms with van der Waals surface area (Å²) < 4.78 is 6.03. The second-order valence-electron chi connectivity index (χ2n) is 8.06. The molecule has 2 aromatic rings. The first kappa shape index (κ1) is 23.6. The van der Waals surface area contributed by atoms with Crippen LogP contribution in [0.25, 0.3) is 0 Å². The second kappa shape index (κ2) is 11.0. The summed E-state index contributed by atoms with van der Waals surface area (Å²) >= 11 is 7.70. The number of amides is 2. The average molecular weight is 463 g/mol. The van der Waals surface area contributed by atoms with Gasteiger partial charge < -0.3 is 14.5 Å². The molecule has 2 amide bonds. The van der Waals surface area contributed by atoms with Crippen LogP contribution in [-0.2, 0) is 16.0 Å². The van der Waals surface area contributed by atoms with E-state index in [-0.39, 0.29) is 24.4 Å². The number of thiophene rings is 1. The molecule has 0 fully saturated rings. The first-order chi connectivity index (χ1) is 14.9. The lowest BCUT2D eigenvalue weighted by Crippen LogP contribution is -2.48. The molecule has 168 valence electrons. The fraction of sp³-hybridized carbons (Fsp3) is 0.500. The molecule has 0 spiro atoms.